The molecular weight excluding hydrogens is 287 g/mol. The minimum Gasteiger partial charge on any atom is -0.492 e. The number of hydrogen-bond acceptors (Lipinski definition) is 3. The third kappa shape index (κ3) is 4.10. The summed E-state index contributed by atoms with van der Waals surface area (Å²) in [5.74, 6) is -0.504. The van der Waals surface area contributed by atoms with Crippen molar-refractivity contribution < 1.29 is 27.8 Å². The molecule has 0 saturated carbocycles. The number of rotatable bonds is 5. The highest BCUT2D eigenvalue weighted by atomic mass is 19.4. The summed E-state index contributed by atoms with van der Waals surface area (Å²) in [6.45, 7) is 1.39. The van der Waals surface area contributed by atoms with Crippen LogP contribution in [0.25, 0.3) is 0 Å². The lowest BCUT2D eigenvalue weighted by molar-refractivity contribution is -0.142. The average molecular weight is 303 g/mol. The lowest BCUT2D eigenvalue weighted by Gasteiger charge is -2.20. The second-order valence-corrected chi connectivity index (χ2v) is 4.90. The molecule has 2 rings (SSSR count). The maximum absolute atomic E-state index is 12.4. The first-order valence-electron chi connectivity index (χ1n) is 6.65. The highest BCUT2D eigenvalue weighted by molar-refractivity contribution is 5.73. The van der Waals surface area contributed by atoms with Gasteiger partial charge in [-0.1, -0.05) is 0 Å². The largest absolute Gasteiger partial charge is 0.492 e. The van der Waals surface area contributed by atoms with Crippen molar-refractivity contribution in [1.82, 2.24) is 4.90 Å². The summed E-state index contributed by atoms with van der Waals surface area (Å²) < 4.78 is 42.5. The Labute approximate surface area is 120 Å². The van der Waals surface area contributed by atoms with Gasteiger partial charge < -0.3 is 9.84 Å². The molecule has 4 nitrogen and oxygen atoms in total. The lowest BCUT2D eigenvalue weighted by atomic mass is 10.2. The van der Waals surface area contributed by atoms with Crippen LogP contribution in [0.2, 0.25) is 0 Å². The predicted molar refractivity (Wildman–Crippen MR) is 69.2 cm³/mol. The molecule has 1 N–H and O–H groups in total. The number of hydrogen-bond donors (Lipinski definition) is 1. The topological polar surface area (TPSA) is 49.8 Å². The van der Waals surface area contributed by atoms with E-state index in [0.29, 0.717) is 25.3 Å². The smallest absolute Gasteiger partial charge is 0.416 e. The summed E-state index contributed by atoms with van der Waals surface area (Å²) in [6.07, 6.45) is -2.91. The predicted octanol–water partition coefficient (Wildman–Crippen LogP) is 2.63. The Hall–Kier alpha value is -1.76. The van der Waals surface area contributed by atoms with E-state index in [-0.39, 0.29) is 6.61 Å². The van der Waals surface area contributed by atoms with Crippen LogP contribution in [-0.4, -0.2) is 41.7 Å². The highest BCUT2D eigenvalue weighted by Gasteiger charge is 2.31. The molecule has 0 radical (unpaired) electrons. The number of likely N-dealkylation sites (tertiary alicyclic amines) is 1. The zero-order valence-electron chi connectivity index (χ0n) is 11.3. The van der Waals surface area contributed by atoms with E-state index in [1.54, 1.807) is 0 Å². The Morgan fingerprint density at radius 1 is 1.33 bits per heavy atom. The summed E-state index contributed by atoms with van der Waals surface area (Å²) in [6, 6.07) is 3.97. The van der Waals surface area contributed by atoms with Gasteiger partial charge in [0.2, 0.25) is 0 Å². The Bertz CT molecular complexity index is 487. The van der Waals surface area contributed by atoms with E-state index in [1.807, 2.05) is 4.90 Å². The van der Waals surface area contributed by atoms with Crippen molar-refractivity contribution in [2.24, 2.45) is 0 Å². The van der Waals surface area contributed by atoms with Crippen LogP contribution >= 0.6 is 0 Å². The van der Waals surface area contributed by atoms with E-state index in [1.165, 1.54) is 12.1 Å². The first-order chi connectivity index (χ1) is 9.88. The number of benzene rings is 1. The van der Waals surface area contributed by atoms with Gasteiger partial charge in [-0.2, -0.15) is 13.2 Å². The number of alkyl halides is 3. The molecule has 1 aliphatic heterocycles. The Balaban J connectivity index is 1.82. The average Bonchev–Trinajstić information content (AvgIpc) is 2.87. The first-order valence-corrected chi connectivity index (χ1v) is 6.65. The molecule has 1 saturated heterocycles. The molecule has 0 spiro atoms. The van der Waals surface area contributed by atoms with Crippen molar-refractivity contribution in [2.45, 2.75) is 25.1 Å². The van der Waals surface area contributed by atoms with E-state index in [4.69, 9.17) is 9.84 Å². The van der Waals surface area contributed by atoms with Gasteiger partial charge in [0, 0.05) is 6.54 Å². The van der Waals surface area contributed by atoms with Gasteiger partial charge in [-0.05, 0) is 43.7 Å². The molecule has 1 aromatic carbocycles. The molecule has 0 amide bonds. The van der Waals surface area contributed by atoms with Crippen molar-refractivity contribution >= 4 is 5.97 Å². The third-order valence-electron chi connectivity index (χ3n) is 3.48. The second kappa shape index (κ2) is 6.34. The third-order valence-corrected chi connectivity index (χ3v) is 3.48. The lowest BCUT2D eigenvalue weighted by Crippen LogP contribution is -2.38. The van der Waals surface area contributed by atoms with Crippen LogP contribution in [0.15, 0.2) is 24.3 Å². The van der Waals surface area contributed by atoms with Crippen LogP contribution in [0.4, 0.5) is 13.2 Å². The number of carboxylic acids is 1. The number of halogens is 3. The number of ether oxygens (including phenoxy) is 1. The Morgan fingerprint density at radius 3 is 2.57 bits per heavy atom. The molecule has 0 bridgehead atoms. The van der Waals surface area contributed by atoms with Crippen molar-refractivity contribution in [3.8, 4) is 5.75 Å². The highest BCUT2D eigenvalue weighted by Crippen LogP contribution is 2.30. The van der Waals surface area contributed by atoms with Gasteiger partial charge in [-0.25, -0.2) is 0 Å². The van der Waals surface area contributed by atoms with Crippen LogP contribution in [0.3, 0.4) is 0 Å². The Kier molecular flexibility index (Phi) is 4.72. The number of carbonyl (C=O) groups is 1. The van der Waals surface area contributed by atoms with E-state index >= 15 is 0 Å². The zero-order valence-corrected chi connectivity index (χ0v) is 11.3. The molecule has 0 aliphatic carbocycles. The molecule has 116 valence electrons. The van der Waals surface area contributed by atoms with Gasteiger partial charge in [-0.15, -0.1) is 0 Å². The van der Waals surface area contributed by atoms with Gasteiger partial charge in [0.15, 0.2) is 0 Å². The fourth-order valence-corrected chi connectivity index (χ4v) is 2.39. The fourth-order valence-electron chi connectivity index (χ4n) is 2.39. The molecule has 21 heavy (non-hydrogen) atoms. The van der Waals surface area contributed by atoms with Gasteiger partial charge in [0.1, 0.15) is 18.4 Å². The molecule has 1 atom stereocenters. The summed E-state index contributed by atoms with van der Waals surface area (Å²) >= 11 is 0. The van der Waals surface area contributed by atoms with Gasteiger partial charge >= 0.3 is 12.1 Å². The molecular formula is C14H16F3NO3. The summed E-state index contributed by atoms with van der Waals surface area (Å²) in [5.41, 5.74) is -0.722. The minimum absolute atomic E-state index is 0.245. The minimum atomic E-state index is -4.36. The monoisotopic (exact) mass is 303 g/mol. The van der Waals surface area contributed by atoms with Crippen LogP contribution < -0.4 is 4.74 Å². The van der Waals surface area contributed by atoms with Crippen LogP contribution in [-0.2, 0) is 11.0 Å². The molecule has 1 aromatic rings. The van der Waals surface area contributed by atoms with Crippen molar-refractivity contribution in [2.75, 3.05) is 19.7 Å². The van der Waals surface area contributed by atoms with Crippen LogP contribution in [0, 0.1) is 0 Å². The van der Waals surface area contributed by atoms with Crippen molar-refractivity contribution in [3.63, 3.8) is 0 Å². The number of carboxylic acid groups (broad SMARTS) is 1. The molecule has 7 heteroatoms. The van der Waals surface area contributed by atoms with E-state index in [9.17, 15) is 18.0 Å². The quantitative estimate of drug-likeness (QED) is 0.908. The van der Waals surface area contributed by atoms with Gasteiger partial charge in [0.25, 0.3) is 0 Å². The molecule has 1 fully saturated rings. The first kappa shape index (κ1) is 15.6. The summed E-state index contributed by atoms with van der Waals surface area (Å²) in [4.78, 5) is 12.8. The van der Waals surface area contributed by atoms with Crippen LogP contribution in [0.1, 0.15) is 18.4 Å². The Morgan fingerprint density at radius 2 is 2.00 bits per heavy atom. The normalized spacial score (nSPS) is 19.7. The standard InChI is InChI=1S/C14H16F3NO3/c15-14(16,17)10-3-5-11(6-4-10)21-9-8-18-7-1-2-12(18)13(19)20/h3-6,12H,1-2,7-9H2,(H,19,20)/t12-/m0/s1. The van der Waals surface area contributed by atoms with Gasteiger partial charge in [-0.3, -0.25) is 9.69 Å². The van der Waals surface area contributed by atoms with Gasteiger partial charge in [0.05, 0.1) is 5.56 Å². The molecule has 1 aliphatic rings. The van der Waals surface area contributed by atoms with Crippen molar-refractivity contribution in [1.29, 1.82) is 0 Å². The number of nitrogens with zero attached hydrogens (tertiary/aromatic N) is 1. The SMILES string of the molecule is O=C(O)[C@@H]1CCCN1CCOc1ccc(C(F)(F)F)cc1. The van der Waals surface area contributed by atoms with E-state index in [2.05, 4.69) is 0 Å². The van der Waals surface area contributed by atoms with Crippen LogP contribution in [0.5, 0.6) is 5.75 Å². The molecule has 1 heterocycles. The number of aliphatic carboxylic acids is 1. The zero-order chi connectivity index (χ0) is 15.5. The maximum atomic E-state index is 12.4. The summed E-state index contributed by atoms with van der Waals surface area (Å²) in [7, 11) is 0. The second-order valence-electron chi connectivity index (χ2n) is 4.90. The fraction of sp³-hybridized carbons (Fsp3) is 0.500. The molecule has 0 unspecified atom stereocenters. The van der Waals surface area contributed by atoms with E-state index < -0.39 is 23.8 Å². The van der Waals surface area contributed by atoms with Crippen molar-refractivity contribution in [3.05, 3.63) is 29.8 Å². The van der Waals surface area contributed by atoms with E-state index in [0.717, 1.165) is 18.6 Å². The summed E-state index contributed by atoms with van der Waals surface area (Å²) in [5, 5.41) is 9.02. The maximum Gasteiger partial charge on any atom is 0.416 e. The molecule has 0 aromatic heterocycles.